The number of thiazole rings is 1. The lowest BCUT2D eigenvalue weighted by Crippen LogP contribution is -2.51. The Kier molecular flexibility index (Phi) is 5.22. The SMILES string of the molecule is COc1ccc2nc(C3=CN(c4ccc5c(c4)CN(C4CCC(=O)NC4=O)C5O)N(C)N3)sc2c1. The molecule has 11 heteroatoms. The molecule has 2 amide bonds. The molecule has 4 heterocycles. The van der Waals surface area contributed by atoms with Crippen LogP contribution in [0.5, 0.6) is 5.75 Å². The minimum absolute atomic E-state index is 0.265. The summed E-state index contributed by atoms with van der Waals surface area (Å²) in [6.45, 7) is 0.428. The first kappa shape index (κ1) is 22.0. The van der Waals surface area contributed by atoms with Crippen LogP contribution in [0.1, 0.15) is 35.2 Å². The number of amides is 2. The summed E-state index contributed by atoms with van der Waals surface area (Å²) in [6.07, 6.45) is 1.78. The van der Waals surface area contributed by atoms with Crippen LogP contribution >= 0.6 is 11.3 Å². The molecular formula is C24H24N6O4S. The molecule has 0 spiro atoms. The standard InChI is InChI=1S/C24H24N6O4S/c1-28-27-18(23-25-17-6-4-15(34-2)10-20(17)35-23)12-30(28)14-3-5-16-13(9-14)11-29(24(16)33)19-7-8-21(31)26-22(19)32/h3-6,9-10,12,19,24,27,33H,7-8,11H2,1-2H3,(H,26,31,32). The zero-order chi connectivity index (χ0) is 24.3. The number of fused-ring (bicyclic) bond motifs is 2. The molecule has 6 rings (SSSR count). The van der Waals surface area contributed by atoms with Gasteiger partial charge < -0.3 is 9.84 Å². The van der Waals surface area contributed by atoms with Crippen molar-refractivity contribution in [1.29, 1.82) is 0 Å². The molecule has 0 saturated carbocycles. The fraction of sp³-hybridized carbons (Fsp3) is 0.292. The average Bonchev–Trinajstić information content (AvgIpc) is 3.53. The van der Waals surface area contributed by atoms with Crippen LogP contribution in [0, 0.1) is 0 Å². The number of nitrogens with one attached hydrogen (secondary N) is 2. The van der Waals surface area contributed by atoms with E-state index in [0.29, 0.717) is 13.0 Å². The van der Waals surface area contributed by atoms with E-state index in [1.54, 1.807) is 23.3 Å². The number of hydrazine groups is 2. The highest BCUT2D eigenvalue weighted by atomic mass is 32.1. The number of aliphatic hydroxyl groups excluding tert-OH is 1. The number of carbonyl (C=O) groups excluding carboxylic acids is 2. The summed E-state index contributed by atoms with van der Waals surface area (Å²) in [7, 11) is 3.56. The molecule has 1 fully saturated rings. The number of aromatic nitrogens is 1. The molecule has 3 N–H and O–H groups in total. The normalized spacial score (nSPS) is 22.8. The van der Waals surface area contributed by atoms with Gasteiger partial charge in [-0.2, -0.15) is 0 Å². The summed E-state index contributed by atoms with van der Waals surface area (Å²) in [4.78, 5) is 30.4. The van der Waals surface area contributed by atoms with Gasteiger partial charge in [0.2, 0.25) is 11.8 Å². The molecule has 0 bridgehead atoms. The molecule has 2 unspecified atom stereocenters. The number of nitrogens with zero attached hydrogens (tertiary/aromatic N) is 4. The summed E-state index contributed by atoms with van der Waals surface area (Å²) in [6, 6.07) is 11.2. The van der Waals surface area contributed by atoms with E-state index in [1.807, 2.05) is 59.8 Å². The fourth-order valence-electron chi connectivity index (χ4n) is 4.83. The van der Waals surface area contributed by atoms with Gasteiger partial charge >= 0.3 is 0 Å². The van der Waals surface area contributed by atoms with E-state index in [-0.39, 0.29) is 18.2 Å². The van der Waals surface area contributed by atoms with E-state index >= 15 is 0 Å². The summed E-state index contributed by atoms with van der Waals surface area (Å²) < 4.78 is 6.37. The van der Waals surface area contributed by atoms with E-state index in [4.69, 9.17) is 9.72 Å². The number of benzene rings is 2. The van der Waals surface area contributed by atoms with Crippen molar-refractivity contribution in [2.75, 3.05) is 19.2 Å². The first-order chi connectivity index (χ1) is 16.9. The first-order valence-corrected chi connectivity index (χ1v) is 12.1. The zero-order valence-electron chi connectivity index (χ0n) is 19.2. The second kappa shape index (κ2) is 8.31. The summed E-state index contributed by atoms with van der Waals surface area (Å²) >= 11 is 1.58. The minimum atomic E-state index is -0.886. The van der Waals surface area contributed by atoms with Gasteiger partial charge in [-0.1, -0.05) is 6.07 Å². The van der Waals surface area contributed by atoms with Gasteiger partial charge in [-0.25, -0.2) is 4.98 Å². The molecule has 2 atom stereocenters. The van der Waals surface area contributed by atoms with Crippen molar-refractivity contribution < 1.29 is 19.4 Å². The Morgan fingerprint density at radius 2 is 2.06 bits per heavy atom. The smallest absolute Gasteiger partial charge is 0.244 e. The van der Waals surface area contributed by atoms with Crippen molar-refractivity contribution in [3.8, 4) is 5.75 Å². The van der Waals surface area contributed by atoms with Gasteiger partial charge in [0.1, 0.15) is 22.7 Å². The molecule has 3 aliphatic rings. The largest absolute Gasteiger partial charge is 0.497 e. The third kappa shape index (κ3) is 3.73. The number of ether oxygens (including phenoxy) is 1. The molecule has 35 heavy (non-hydrogen) atoms. The van der Waals surface area contributed by atoms with Gasteiger partial charge in [-0.15, -0.1) is 16.5 Å². The molecule has 180 valence electrons. The quantitative estimate of drug-likeness (QED) is 0.472. The number of hydrogen-bond donors (Lipinski definition) is 3. The second-order valence-electron chi connectivity index (χ2n) is 8.77. The topological polar surface area (TPSA) is 110 Å². The van der Waals surface area contributed by atoms with Gasteiger partial charge in [0.15, 0.2) is 0 Å². The third-order valence-corrected chi connectivity index (χ3v) is 7.68. The highest BCUT2D eigenvalue weighted by molar-refractivity contribution is 7.19. The average molecular weight is 493 g/mol. The van der Waals surface area contributed by atoms with Crippen LogP contribution < -0.4 is 20.5 Å². The highest BCUT2D eigenvalue weighted by Crippen LogP contribution is 2.38. The first-order valence-electron chi connectivity index (χ1n) is 11.3. The molecular weight excluding hydrogens is 468 g/mol. The van der Waals surface area contributed by atoms with E-state index < -0.39 is 12.3 Å². The number of piperidine rings is 1. The van der Waals surface area contributed by atoms with Gasteiger partial charge in [0, 0.05) is 25.6 Å². The molecule has 3 aromatic rings. The van der Waals surface area contributed by atoms with Crippen molar-refractivity contribution >= 4 is 44.8 Å². The van der Waals surface area contributed by atoms with Crippen LogP contribution in [0.4, 0.5) is 5.69 Å². The van der Waals surface area contributed by atoms with Crippen LogP contribution in [-0.2, 0) is 16.1 Å². The van der Waals surface area contributed by atoms with Gasteiger partial charge in [0.25, 0.3) is 0 Å². The van der Waals surface area contributed by atoms with E-state index in [9.17, 15) is 14.7 Å². The van der Waals surface area contributed by atoms with Crippen molar-refractivity contribution in [2.24, 2.45) is 0 Å². The Morgan fingerprint density at radius 3 is 2.86 bits per heavy atom. The molecule has 0 radical (unpaired) electrons. The number of methoxy groups -OCH3 is 1. The highest BCUT2D eigenvalue weighted by Gasteiger charge is 2.40. The lowest BCUT2D eigenvalue weighted by atomic mass is 10.0. The molecule has 2 aromatic carbocycles. The monoisotopic (exact) mass is 492 g/mol. The van der Waals surface area contributed by atoms with E-state index in [0.717, 1.165) is 43.5 Å². The molecule has 10 nitrogen and oxygen atoms in total. The molecule has 0 aliphatic carbocycles. The Labute approximate surface area is 205 Å². The van der Waals surface area contributed by atoms with Crippen LogP contribution in [0.15, 0.2) is 42.6 Å². The van der Waals surface area contributed by atoms with Crippen LogP contribution in [0.3, 0.4) is 0 Å². The molecule has 1 aromatic heterocycles. The van der Waals surface area contributed by atoms with Crippen molar-refractivity contribution in [3.05, 3.63) is 58.7 Å². The van der Waals surface area contributed by atoms with Crippen LogP contribution in [0.2, 0.25) is 0 Å². The Morgan fingerprint density at radius 1 is 1.20 bits per heavy atom. The third-order valence-electron chi connectivity index (χ3n) is 6.63. The van der Waals surface area contributed by atoms with Gasteiger partial charge in [-0.3, -0.25) is 30.2 Å². The lowest BCUT2D eigenvalue weighted by Gasteiger charge is -2.31. The van der Waals surface area contributed by atoms with E-state index in [2.05, 4.69) is 10.7 Å². The maximum Gasteiger partial charge on any atom is 0.244 e. The van der Waals surface area contributed by atoms with Crippen LogP contribution in [0.25, 0.3) is 15.9 Å². The Bertz CT molecular complexity index is 1390. The lowest BCUT2D eigenvalue weighted by molar-refractivity contribution is -0.141. The maximum absolute atomic E-state index is 12.4. The van der Waals surface area contributed by atoms with Crippen molar-refractivity contribution in [3.63, 3.8) is 0 Å². The number of anilines is 1. The molecule has 1 saturated heterocycles. The summed E-state index contributed by atoms with van der Waals surface area (Å²) in [5.74, 6) is 0.184. The van der Waals surface area contributed by atoms with Crippen molar-refractivity contribution in [2.45, 2.75) is 31.7 Å². The number of rotatable bonds is 4. The predicted molar refractivity (Wildman–Crippen MR) is 131 cm³/mol. The van der Waals surface area contributed by atoms with Crippen molar-refractivity contribution in [1.82, 2.24) is 25.7 Å². The zero-order valence-corrected chi connectivity index (χ0v) is 20.0. The second-order valence-corrected chi connectivity index (χ2v) is 9.80. The summed E-state index contributed by atoms with van der Waals surface area (Å²) in [5.41, 5.74) is 7.77. The predicted octanol–water partition coefficient (Wildman–Crippen LogP) is 2.09. The van der Waals surface area contributed by atoms with E-state index in [1.165, 1.54) is 0 Å². The number of aliphatic hydroxyl groups is 1. The Hall–Kier alpha value is -3.51. The number of imide groups is 1. The number of carbonyl (C=O) groups is 2. The summed E-state index contributed by atoms with van der Waals surface area (Å²) in [5, 5.41) is 18.0. The van der Waals surface area contributed by atoms with Crippen LogP contribution in [-0.4, -0.2) is 52.1 Å². The number of hydrogen-bond acceptors (Lipinski definition) is 10. The minimum Gasteiger partial charge on any atom is -0.497 e. The molecule has 3 aliphatic heterocycles. The van der Waals surface area contributed by atoms with Gasteiger partial charge in [-0.05, 0) is 42.3 Å². The maximum atomic E-state index is 12.4. The fourth-order valence-corrected chi connectivity index (χ4v) is 5.78. The van der Waals surface area contributed by atoms with Gasteiger partial charge in [0.05, 0.1) is 35.3 Å². The Balaban J connectivity index is 1.26.